The Kier molecular flexibility index (Phi) is 5.10. The van der Waals surface area contributed by atoms with Gasteiger partial charge in [-0.15, -0.1) is 0 Å². The van der Waals surface area contributed by atoms with Gasteiger partial charge in [-0.3, -0.25) is 14.9 Å². The summed E-state index contributed by atoms with van der Waals surface area (Å²) < 4.78 is 13.3. The number of hydrogen-bond acceptors (Lipinski definition) is 3. The summed E-state index contributed by atoms with van der Waals surface area (Å²) in [5.41, 5.74) is 3.28. The highest BCUT2D eigenvalue weighted by Gasteiger charge is 2.23. The zero-order valence-corrected chi connectivity index (χ0v) is 15.1. The Hall–Kier alpha value is -3.54. The van der Waals surface area contributed by atoms with Crippen molar-refractivity contribution >= 4 is 17.9 Å². The third kappa shape index (κ3) is 3.91. The van der Waals surface area contributed by atoms with E-state index in [9.17, 15) is 9.18 Å². The molecule has 1 amide bonds. The summed E-state index contributed by atoms with van der Waals surface area (Å²) in [5.74, 6) is 0.144. The van der Waals surface area contributed by atoms with E-state index in [1.165, 1.54) is 12.1 Å². The minimum Gasteiger partial charge on any atom is -0.311 e. The van der Waals surface area contributed by atoms with Crippen molar-refractivity contribution in [3.63, 3.8) is 0 Å². The predicted octanol–water partition coefficient (Wildman–Crippen LogP) is 4.47. The van der Waals surface area contributed by atoms with Crippen molar-refractivity contribution in [1.29, 1.82) is 0 Å². The first-order valence-electron chi connectivity index (χ1n) is 9.07. The van der Waals surface area contributed by atoms with Gasteiger partial charge in [0.2, 0.25) is 5.91 Å². The second kappa shape index (κ2) is 8.00. The molecule has 28 heavy (non-hydrogen) atoms. The van der Waals surface area contributed by atoms with Crippen LogP contribution in [0.5, 0.6) is 0 Å². The summed E-state index contributed by atoms with van der Waals surface area (Å²) in [4.78, 5) is 16.7. The number of rotatable bonds is 5. The van der Waals surface area contributed by atoms with E-state index in [1.54, 1.807) is 18.3 Å². The maximum atomic E-state index is 13.3. The molecule has 0 bridgehead atoms. The largest absolute Gasteiger partial charge is 0.311 e. The number of anilines is 1. The van der Waals surface area contributed by atoms with Crippen molar-refractivity contribution in [3.05, 3.63) is 83.8 Å². The first-order chi connectivity index (χ1) is 13.7. The number of aromatic amines is 1. The minimum atomic E-state index is -0.304. The average Bonchev–Trinajstić information content (AvgIpc) is 3.13. The number of nitrogens with one attached hydrogen (secondary N) is 2. The summed E-state index contributed by atoms with van der Waals surface area (Å²) >= 11 is 0. The maximum absolute atomic E-state index is 13.3. The molecular formula is C22H19FN4O. The number of carbonyl (C=O) groups excluding carboxylic acids is 1. The van der Waals surface area contributed by atoms with E-state index < -0.39 is 0 Å². The lowest BCUT2D eigenvalue weighted by Crippen LogP contribution is -2.16. The van der Waals surface area contributed by atoms with Crippen LogP contribution in [0.3, 0.4) is 0 Å². The molecule has 0 saturated heterocycles. The fourth-order valence-electron chi connectivity index (χ4n) is 3.28. The van der Waals surface area contributed by atoms with E-state index in [0.29, 0.717) is 17.9 Å². The van der Waals surface area contributed by atoms with E-state index in [2.05, 4.69) is 20.5 Å². The van der Waals surface area contributed by atoms with Crippen LogP contribution in [0.25, 0.3) is 11.3 Å². The zero-order valence-electron chi connectivity index (χ0n) is 15.1. The number of hydrogen-bond donors (Lipinski definition) is 2. The Morgan fingerprint density at radius 2 is 1.93 bits per heavy atom. The van der Waals surface area contributed by atoms with Crippen LogP contribution in [0, 0.1) is 5.82 Å². The van der Waals surface area contributed by atoms with Gasteiger partial charge in [0.1, 0.15) is 11.6 Å². The molecular weight excluding hydrogens is 355 g/mol. The number of H-pyrrole nitrogens is 1. The van der Waals surface area contributed by atoms with Gasteiger partial charge in [-0.25, -0.2) is 4.39 Å². The van der Waals surface area contributed by atoms with E-state index in [-0.39, 0.29) is 24.1 Å². The highest BCUT2D eigenvalue weighted by molar-refractivity contribution is 5.93. The molecule has 0 saturated carbocycles. The molecule has 0 aliphatic carbocycles. The van der Waals surface area contributed by atoms with Crippen molar-refractivity contribution in [1.82, 2.24) is 10.2 Å². The van der Waals surface area contributed by atoms with E-state index in [0.717, 1.165) is 16.7 Å². The number of aromatic nitrogens is 2. The van der Waals surface area contributed by atoms with Gasteiger partial charge in [0, 0.05) is 29.5 Å². The Morgan fingerprint density at radius 3 is 2.64 bits per heavy atom. The van der Waals surface area contributed by atoms with Crippen LogP contribution >= 0.6 is 0 Å². The molecule has 2 heterocycles. The lowest BCUT2D eigenvalue weighted by atomic mass is 9.92. The fourth-order valence-corrected chi connectivity index (χ4v) is 3.28. The highest BCUT2D eigenvalue weighted by atomic mass is 19.1. The quantitative estimate of drug-likeness (QED) is 0.692. The van der Waals surface area contributed by atoms with Gasteiger partial charge in [-0.05, 0) is 36.2 Å². The van der Waals surface area contributed by atoms with E-state index >= 15 is 0 Å². The van der Waals surface area contributed by atoms with Gasteiger partial charge < -0.3 is 5.32 Å². The predicted molar refractivity (Wildman–Crippen MR) is 108 cm³/mol. The lowest BCUT2D eigenvalue weighted by molar-refractivity contribution is -0.115. The molecule has 140 valence electrons. The second-order valence-electron chi connectivity index (χ2n) is 6.59. The molecule has 1 aliphatic rings. The summed E-state index contributed by atoms with van der Waals surface area (Å²) in [5, 5.41) is 10.3. The molecule has 1 unspecified atom stereocenters. The van der Waals surface area contributed by atoms with Gasteiger partial charge in [-0.1, -0.05) is 36.4 Å². The highest BCUT2D eigenvalue weighted by Crippen LogP contribution is 2.36. The van der Waals surface area contributed by atoms with Gasteiger partial charge in [0.25, 0.3) is 0 Å². The van der Waals surface area contributed by atoms with Crippen LogP contribution in [0.4, 0.5) is 10.2 Å². The fraction of sp³-hybridized carbons (Fsp3) is 0.136. The van der Waals surface area contributed by atoms with E-state index in [1.807, 2.05) is 42.6 Å². The molecule has 2 aromatic carbocycles. The molecule has 4 rings (SSSR count). The van der Waals surface area contributed by atoms with Gasteiger partial charge in [-0.2, -0.15) is 5.10 Å². The standard InChI is InChI=1S/C22H19FN4O/c23-18-8-6-17(7-9-18)21-20(16-10-12-24-13-11-16)22(27-26-21)25-19(28)14-15-4-2-1-3-5-15/h1-10,12-13,16H,11,14H2,(H2,25,26,27,28). The molecule has 3 aromatic rings. The number of nitrogens with zero attached hydrogens (tertiary/aromatic N) is 2. The first kappa shape index (κ1) is 17.9. The number of halogens is 1. The molecule has 2 N–H and O–H groups in total. The van der Waals surface area contributed by atoms with E-state index in [4.69, 9.17) is 0 Å². The monoisotopic (exact) mass is 374 g/mol. The normalized spacial score (nSPS) is 15.5. The van der Waals surface area contributed by atoms with Crippen LogP contribution in [0.15, 0.2) is 71.9 Å². The lowest BCUT2D eigenvalue weighted by Gasteiger charge is -2.16. The van der Waals surface area contributed by atoms with Crippen LogP contribution in [0.2, 0.25) is 0 Å². The average molecular weight is 374 g/mol. The van der Waals surface area contributed by atoms with Crippen molar-refractivity contribution in [2.45, 2.75) is 18.8 Å². The smallest absolute Gasteiger partial charge is 0.229 e. The summed E-state index contributed by atoms with van der Waals surface area (Å²) in [6, 6.07) is 15.7. The molecule has 0 spiro atoms. The molecule has 5 nitrogen and oxygen atoms in total. The number of aliphatic imine (C=N–C) groups is 1. The van der Waals surface area contributed by atoms with Gasteiger partial charge in [0.05, 0.1) is 12.1 Å². The van der Waals surface area contributed by atoms with Gasteiger partial charge >= 0.3 is 0 Å². The molecule has 1 aromatic heterocycles. The van der Waals surface area contributed by atoms with Crippen LogP contribution in [-0.4, -0.2) is 22.3 Å². The van der Waals surface area contributed by atoms with Crippen molar-refractivity contribution in [2.24, 2.45) is 4.99 Å². The molecule has 1 aliphatic heterocycles. The maximum Gasteiger partial charge on any atom is 0.229 e. The van der Waals surface area contributed by atoms with Crippen molar-refractivity contribution in [2.75, 3.05) is 5.32 Å². The minimum absolute atomic E-state index is 0.0170. The van der Waals surface area contributed by atoms with Crippen LogP contribution in [-0.2, 0) is 11.2 Å². The Morgan fingerprint density at radius 1 is 1.14 bits per heavy atom. The summed E-state index contributed by atoms with van der Waals surface area (Å²) in [6.45, 7) is 0. The zero-order chi connectivity index (χ0) is 19.3. The summed E-state index contributed by atoms with van der Waals surface area (Å²) in [7, 11) is 0. The summed E-state index contributed by atoms with van der Waals surface area (Å²) in [6.07, 6.45) is 6.52. The Bertz CT molecular complexity index is 1020. The third-order valence-electron chi connectivity index (χ3n) is 4.63. The van der Waals surface area contributed by atoms with Crippen molar-refractivity contribution < 1.29 is 9.18 Å². The second-order valence-corrected chi connectivity index (χ2v) is 6.59. The molecule has 0 fully saturated rings. The Balaban J connectivity index is 1.65. The number of benzene rings is 2. The van der Waals surface area contributed by atoms with Crippen LogP contribution < -0.4 is 5.32 Å². The SMILES string of the molecule is O=C(Cc1ccccc1)Nc1[nH]nc(-c2ccc(F)cc2)c1C1C=CN=CC1. The Labute approximate surface area is 162 Å². The molecule has 0 radical (unpaired) electrons. The van der Waals surface area contributed by atoms with Crippen molar-refractivity contribution in [3.8, 4) is 11.3 Å². The number of allylic oxidation sites excluding steroid dienone is 1. The topological polar surface area (TPSA) is 70.1 Å². The molecule has 1 atom stereocenters. The van der Waals surface area contributed by atoms with Gasteiger partial charge in [0.15, 0.2) is 0 Å². The van der Waals surface area contributed by atoms with Crippen LogP contribution in [0.1, 0.15) is 23.5 Å². The third-order valence-corrected chi connectivity index (χ3v) is 4.63. The molecule has 6 heteroatoms. The number of amides is 1. The first-order valence-corrected chi connectivity index (χ1v) is 9.07. The number of carbonyl (C=O) groups is 1.